The van der Waals surface area contributed by atoms with Gasteiger partial charge in [-0.25, -0.2) is 4.79 Å². The van der Waals surface area contributed by atoms with Crippen LogP contribution in [0.15, 0.2) is 24.3 Å². The zero-order valence-electron chi connectivity index (χ0n) is 15.1. The molecule has 2 amide bonds. The third-order valence-corrected chi connectivity index (χ3v) is 4.03. The van der Waals surface area contributed by atoms with Crippen molar-refractivity contribution in [3.8, 4) is 0 Å². The van der Waals surface area contributed by atoms with Gasteiger partial charge in [0.25, 0.3) is 5.91 Å². The summed E-state index contributed by atoms with van der Waals surface area (Å²) in [5, 5.41) is 0. The smallest absolute Gasteiger partial charge is 0.410 e. The van der Waals surface area contributed by atoms with Gasteiger partial charge >= 0.3 is 6.09 Å². The highest BCUT2D eigenvalue weighted by Crippen LogP contribution is 2.21. The van der Waals surface area contributed by atoms with E-state index in [1.54, 1.807) is 34.1 Å². The molecular formula is C18H27N3O3. The van der Waals surface area contributed by atoms with Gasteiger partial charge in [-0.1, -0.05) is 0 Å². The van der Waals surface area contributed by atoms with Gasteiger partial charge in [-0.3, -0.25) is 4.79 Å². The van der Waals surface area contributed by atoms with Crippen molar-refractivity contribution in [2.75, 3.05) is 18.8 Å². The zero-order chi connectivity index (χ0) is 18.1. The molecule has 1 saturated heterocycles. The van der Waals surface area contributed by atoms with Crippen molar-refractivity contribution in [3.05, 3.63) is 29.8 Å². The number of nitrogen functional groups attached to an aromatic ring is 1. The molecule has 24 heavy (non-hydrogen) atoms. The average molecular weight is 333 g/mol. The Bertz CT molecular complexity index is 607. The number of amides is 2. The second kappa shape index (κ2) is 6.71. The predicted molar refractivity (Wildman–Crippen MR) is 93.8 cm³/mol. The normalized spacial score (nSPS) is 21.5. The molecule has 132 valence electrons. The fourth-order valence-electron chi connectivity index (χ4n) is 2.78. The zero-order valence-corrected chi connectivity index (χ0v) is 15.1. The highest BCUT2D eigenvalue weighted by atomic mass is 16.6. The lowest BCUT2D eigenvalue weighted by atomic mass is 10.1. The SMILES string of the molecule is C[C@@H]1CN(C(=O)c2ccc(N)cc2)[C@@H](C)CN1C(=O)OC(C)(C)C. The van der Waals surface area contributed by atoms with E-state index in [2.05, 4.69) is 0 Å². The number of hydrogen-bond donors (Lipinski definition) is 1. The number of nitrogens with two attached hydrogens (primary N) is 1. The third kappa shape index (κ3) is 4.19. The number of carbonyl (C=O) groups excluding carboxylic acids is 2. The molecule has 0 aliphatic carbocycles. The number of ether oxygens (including phenoxy) is 1. The highest BCUT2D eigenvalue weighted by Gasteiger charge is 2.36. The summed E-state index contributed by atoms with van der Waals surface area (Å²) in [4.78, 5) is 28.6. The summed E-state index contributed by atoms with van der Waals surface area (Å²) >= 11 is 0. The van der Waals surface area contributed by atoms with Crippen LogP contribution in [0.1, 0.15) is 45.0 Å². The maximum Gasteiger partial charge on any atom is 0.410 e. The molecular weight excluding hydrogens is 306 g/mol. The molecule has 1 aromatic rings. The van der Waals surface area contributed by atoms with Gasteiger partial charge in [0.15, 0.2) is 0 Å². The maximum absolute atomic E-state index is 12.7. The van der Waals surface area contributed by atoms with E-state index in [4.69, 9.17) is 10.5 Å². The van der Waals surface area contributed by atoms with Crippen LogP contribution in [0.2, 0.25) is 0 Å². The average Bonchev–Trinajstić information content (AvgIpc) is 2.47. The number of rotatable bonds is 1. The van der Waals surface area contributed by atoms with E-state index in [-0.39, 0.29) is 24.1 Å². The summed E-state index contributed by atoms with van der Waals surface area (Å²) in [7, 11) is 0. The fraction of sp³-hybridized carbons (Fsp3) is 0.556. The Morgan fingerprint density at radius 1 is 1.04 bits per heavy atom. The summed E-state index contributed by atoms with van der Waals surface area (Å²) in [5.74, 6) is -0.0433. The van der Waals surface area contributed by atoms with Gasteiger partial charge in [0.1, 0.15) is 5.60 Å². The van der Waals surface area contributed by atoms with Crippen LogP contribution in [0.25, 0.3) is 0 Å². The topological polar surface area (TPSA) is 75.9 Å². The van der Waals surface area contributed by atoms with Crippen molar-refractivity contribution in [1.82, 2.24) is 9.80 Å². The van der Waals surface area contributed by atoms with Crippen molar-refractivity contribution < 1.29 is 14.3 Å². The summed E-state index contributed by atoms with van der Waals surface area (Å²) in [6.07, 6.45) is -0.332. The second-order valence-corrected chi connectivity index (χ2v) is 7.41. The summed E-state index contributed by atoms with van der Waals surface area (Å²) in [6, 6.07) is 6.72. The summed E-state index contributed by atoms with van der Waals surface area (Å²) in [5.41, 5.74) is 6.38. The first-order chi connectivity index (χ1) is 11.1. The minimum Gasteiger partial charge on any atom is -0.444 e. The molecule has 1 aliphatic heterocycles. The molecule has 6 nitrogen and oxygen atoms in total. The molecule has 0 unspecified atom stereocenters. The Hall–Kier alpha value is -2.24. The third-order valence-electron chi connectivity index (χ3n) is 4.03. The minimum absolute atomic E-state index is 0.0433. The van der Waals surface area contributed by atoms with E-state index in [0.717, 1.165) is 0 Å². The van der Waals surface area contributed by atoms with E-state index in [0.29, 0.717) is 24.3 Å². The second-order valence-electron chi connectivity index (χ2n) is 7.41. The van der Waals surface area contributed by atoms with Gasteiger partial charge in [-0.05, 0) is 58.9 Å². The molecule has 1 heterocycles. The van der Waals surface area contributed by atoms with Gasteiger partial charge in [-0.2, -0.15) is 0 Å². The maximum atomic E-state index is 12.7. The lowest BCUT2D eigenvalue weighted by Gasteiger charge is -2.44. The van der Waals surface area contributed by atoms with Crippen molar-refractivity contribution >= 4 is 17.7 Å². The van der Waals surface area contributed by atoms with E-state index in [1.807, 2.05) is 34.6 Å². The van der Waals surface area contributed by atoms with E-state index in [9.17, 15) is 9.59 Å². The van der Waals surface area contributed by atoms with Gasteiger partial charge in [0.05, 0.1) is 0 Å². The molecule has 1 aromatic carbocycles. The lowest BCUT2D eigenvalue weighted by Crippen LogP contribution is -2.60. The Morgan fingerprint density at radius 3 is 2.08 bits per heavy atom. The van der Waals surface area contributed by atoms with Gasteiger partial charge in [-0.15, -0.1) is 0 Å². The monoisotopic (exact) mass is 333 g/mol. The van der Waals surface area contributed by atoms with E-state index < -0.39 is 5.60 Å². The summed E-state index contributed by atoms with van der Waals surface area (Å²) in [6.45, 7) is 10.3. The number of nitrogens with zero attached hydrogens (tertiary/aromatic N) is 2. The van der Waals surface area contributed by atoms with Crippen molar-refractivity contribution in [2.24, 2.45) is 0 Å². The predicted octanol–water partition coefficient (Wildman–Crippen LogP) is 2.74. The van der Waals surface area contributed by atoms with E-state index >= 15 is 0 Å². The summed E-state index contributed by atoms with van der Waals surface area (Å²) < 4.78 is 5.46. The number of piperazine rings is 1. The molecule has 0 aromatic heterocycles. The highest BCUT2D eigenvalue weighted by molar-refractivity contribution is 5.95. The van der Waals surface area contributed by atoms with Crippen LogP contribution in [0.4, 0.5) is 10.5 Å². The Balaban J connectivity index is 2.08. The molecule has 2 atom stereocenters. The van der Waals surface area contributed by atoms with Gasteiger partial charge in [0, 0.05) is 36.4 Å². The lowest BCUT2D eigenvalue weighted by molar-refractivity contribution is -0.00788. The Morgan fingerprint density at radius 2 is 1.54 bits per heavy atom. The quantitative estimate of drug-likeness (QED) is 0.802. The number of carbonyl (C=O) groups is 2. The van der Waals surface area contributed by atoms with Gasteiger partial charge in [0.2, 0.25) is 0 Å². The van der Waals surface area contributed by atoms with Crippen LogP contribution in [-0.4, -0.2) is 52.6 Å². The molecule has 6 heteroatoms. The van der Waals surface area contributed by atoms with Crippen LogP contribution < -0.4 is 5.73 Å². The number of benzene rings is 1. The van der Waals surface area contributed by atoms with Gasteiger partial charge < -0.3 is 20.3 Å². The van der Waals surface area contributed by atoms with E-state index in [1.165, 1.54) is 0 Å². The number of anilines is 1. The molecule has 0 saturated carbocycles. The Labute approximate surface area is 143 Å². The van der Waals surface area contributed by atoms with Crippen LogP contribution in [0.5, 0.6) is 0 Å². The molecule has 0 bridgehead atoms. The van der Waals surface area contributed by atoms with Crippen LogP contribution >= 0.6 is 0 Å². The molecule has 0 radical (unpaired) electrons. The molecule has 0 spiro atoms. The standard InChI is InChI=1S/C18H27N3O3/c1-12-11-21(17(23)24-18(3,4)5)13(2)10-20(12)16(22)14-6-8-15(19)9-7-14/h6-9,12-13H,10-11,19H2,1-5H3/t12-,13+/m0/s1. The minimum atomic E-state index is -0.531. The van der Waals surface area contributed by atoms with Crippen molar-refractivity contribution in [1.29, 1.82) is 0 Å². The first-order valence-corrected chi connectivity index (χ1v) is 8.24. The molecule has 2 N–H and O–H groups in total. The fourth-order valence-corrected chi connectivity index (χ4v) is 2.78. The molecule has 2 rings (SSSR count). The largest absolute Gasteiger partial charge is 0.444 e. The molecule has 1 aliphatic rings. The number of hydrogen-bond acceptors (Lipinski definition) is 4. The van der Waals surface area contributed by atoms with Crippen LogP contribution in [0, 0.1) is 0 Å². The van der Waals surface area contributed by atoms with Crippen LogP contribution in [-0.2, 0) is 4.74 Å². The van der Waals surface area contributed by atoms with Crippen molar-refractivity contribution in [2.45, 2.75) is 52.3 Å². The van der Waals surface area contributed by atoms with Crippen LogP contribution in [0.3, 0.4) is 0 Å². The first-order valence-electron chi connectivity index (χ1n) is 8.24. The first kappa shape index (κ1) is 18.1. The van der Waals surface area contributed by atoms with Crippen molar-refractivity contribution in [3.63, 3.8) is 0 Å². The Kier molecular flexibility index (Phi) is 5.06. The molecule has 1 fully saturated rings.